The van der Waals surface area contributed by atoms with Crippen molar-refractivity contribution in [2.75, 3.05) is 47.8 Å². The van der Waals surface area contributed by atoms with Crippen LogP contribution in [0, 0.1) is 23.1 Å². The predicted octanol–water partition coefficient (Wildman–Crippen LogP) is 4.80. The van der Waals surface area contributed by atoms with Gasteiger partial charge in [0.25, 0.3) is 5.56 Å². The maximum atomic E-state index is 15.7. The highest BCUT2D eigenvalue weighted by Gasteiger charge is 2.31. The number of piperazine rings is 1. The number of halogens is 1. The molecule has 0 radical (unpaired) electrons. The fourth-order valence-electron chi connectivity index (χ4n) is 8.07. The van der Waals surface area contributed by atoms with Gasteiger partial charge in [-0.3, -0.25) is 19.7 Å². The summed E-state index contributed by atoms with van der Waals surface area (Å²) in [6.07, 6.45) is 5.61. The maximum Gasteiger partial charge on any atom is 0.267 e. The predicted molar refractivity (Wildman–Crippen MR) is 215 cm³/mol. The average molecular weight is 767 g/mol. The number of aromatic amines is 1. The van der Waals surface area contributed by atoms with Crippen LogP contribution in [0.2, 0.25) is 0 Å². The molecule has 2 amide bonds. The molecule has 3 fully saturated rings. The first-order valence-corrected chi connectivity index (χ1v) is 19.4. The van der Waals surface area contributed by atoms with E-state index in [9.17, 15) is 19.6 Å². The fraction of sp³-hybridized carbons (Fsp3) is 0.326. The highest BCUT2D eigenvalue weighted by molar-refractivity contribution is 6.01. The number of H-pyrrole nitrogens is 1. The number of nitriles is 1. The summed E-state index contributed by atoms with van der Waals surface area (Å²) in [5.74, 6) is 0.859. The van der Waals surface area contributed by atoms with Gasteiger partial charge in [0, 0.05) is 74.5 Å². The number of aromatic nitrogens is 4. The first-order valence-electron chi connectivity index (χ1n) is 19.4. The number of benzene rings is 3. The molecule has 8 rings (SSSR count). The SMILES string of the molecule is N#Cc1cccc(-c2cc(Cc3ccc(-c4nccc(N5CCNCC5CC5CCN(c6cccc(NC7CCC(=O)NC7=O)c6F)CC5)n4)cc3)c(=O)[nH]n2)c1. The molecule has 14 heteroatoms. The van der Waals surface area contributed by atoms with Gasteiger partial charge in [-0.2, -0.15) is 10.4 Å². The lowest BCUT2D eigenvalue weighted by atomic mass is 9.88. The van der Waals surface area contributed by atoms with Gasteiger partial charge in [0.15, 0.2) is 11.6 Å². The van der Waals surface area contributed by atoms with Crippen LogP contribution in [-0.2, 0) is 16.0 Å². The van der Waals surface area contributed by atoms with Gasteiger partial charge in [-0.25, -0.2) is 19.5 Å². The summed E-state index contributed by atoms with van der Waals surface area (Å²) >= 11 is 0. The van der Waals surface area contributed by atoms with E-state index in [1.165, 1.54) is 0 Å². The third-order valence-electron chi connectivity index (χ3n) is 11.2. The van der Waals surface area contributed by atoms with E-state index in [0.717, 1.165) is 74.5 Å². The van der Waals surface area contributed by atoms with Crippen molar-refractivity contribution in [2.45, 2.75) is 50.6 Å². The van der Waals surface area contributed by atoms with Crippen molar-refractivity contribution in [3.05, 3.63) is 118 Å². The van der Waals surface area contributed by atoms with Crippen molar-refractivity contribution >= 4 is 29.0 Å². The molecule has 2 aromatic heterocycles. The third kappa shape index (κ3) is 8.53. The molecule has 290 valence electrons. The number of hydrogen-bond donors (Lipinski definition) is 4. The number of piperidine rings is 2. The minimum atomic E-state index is -0.648. The van der Waals surface area contributed by atoms with Crippen LogP contribution in [0.15, 0.2) is 89.9 Å². The van der Waals surface area contributed by atoms with Gasteiger partial charge in [0.05, 0.1) is 28.7 Å². The van der Waals surface area contributed by atoms with Gasteiger partial charge in [-0.1, -0.05) is 42.5 Å². The Morgan fingerprint density at radius 2 is 1.75 bits per heavy atom. The number of nitrogens with one attached hydrogen (secondary N) is 4. The number of imide groups is 1. The summed E-state index contributed by atoms with van der Waals surface area (Å²) in [7, 11) is 0. The third-order valence-corrected chi connectivity index (χ3v) is 11.2. The van der Waals surface area contributed by atoms with Crippen LogP contribution in [0.1, 0.15) is 48.8 Å². The molecule has 3 saturated heterocycles. The standard InChI is InChI=1S/C43H43FN10O3/c44-40-34(48-35-11-12-39(55)50-43(35)57)5-2-6-37(40)53-18-14-28(15-19-53)23-33-26-46-17-20-54(33)38-13-16-47-41(49-38)30-9-7-27(8-10-30)21-32-24-36(51-52-42(32)56)31-4-1-3-29(22-31)25-45/h1-10,13,16,22,24,28,33,35,46,48H,11-12,14-15,17-21,23,26H2,(H,52,56)(H,50,55,57). The number of carbonyl (C=O) groups excluding carboxylic acids is 2. The minimum Gasteiger partial charge on any atom is -0.371 e. The fourth-order valence-corrected chi connectivity index (χ4v) is 8.07. The lowest BCUT2D eigenvalue weighted by molar-refractivity contribution is -0.133. The Bertz CT molecular complexity index is 2370. The van der Waals surface area contributed by atoms with Crippen LogP contribution in [0.4, 0.5) is 21.6 Å². The molecule has 0 bridgehead atoms. The summed E-state index contributed by atoms with van der Waals surface area (Å²) in [6, 6.07) is 25.8. The lowest BCUT2D eigenvalue weighted by Gasteiger charge is -2.41. The van der Waals surface area contributed by atoms with Crippen molar-refractivity contribution in [3.8, 4) is 28.7 Å². The van der Waals surface area contributed by atoms with Crippen LogP contribution in [0.3, 0.4) is 0 Å². The Hall–Kier alpha value is -6.46. The molecule has 2 atom stereocenters. The van der Waals surface area contributed by atoms with Gasteiger partial charge in [0.2, 0.25) is 11.8 Å². The topological polar surface area (TPSA) is 172 Å². The quantitative estimate of drug-likeness (QED) is 0.144. The normalized spacial score (nSPS) is 18.9. The van der Waals surface area contributed by atoms with E-state index in [1.54, 1.807) is 48.7 Å². The molecular formula is C43H43FN10O3. The van der Waals surface area contributed by atoms with Crippen molar-refractivity contribution < 1.29 is 14.0 Å². The highest BCUT2D eigenvalue weighted by atomic mass is 19.1. The summed E-state index contributed by atoms with van der Waals surface area (Å²) in [5.41, 5.74) is 4.81. The number of anilines is 3. The maximum absolute atomic E-state index is 15.7. The molecule has 0 saturated carbocycles. The average Bonchev–Trinajstić information content (AvgIpc) is 3.24. The zero-order valence-electron chi connectivity index (χ0n) is 31.4. The van der Waals surface area contributed by atoms with E-state index >= 15 is 4.39 Å². The lowest BCUT2D eigenvalue weighted by Crippen LogP contribution is -2.53. The van der Waals surface area contributed by atoms with E-state index in [-0.39, 0.29) is 35.4 Å². The van der Waals surface area contributed by atoms with Crippen molar-refractivity contribution in [2.24, 2.45) is 5.92 Å². The second-order valence-corrected chi connectivity index (χ2v) is 14.9. The highest BCUT2D eigenvalue weighted by Crippen LogP contribution is 2.33. The molecule has 0 aliphatic carbocycles. The monoisotopic (exact) mass is 766 g/mol. The Labute approximate surface area is 329 Å². The summed E-state index contributed by atoms with van der Waals surface area (Å²) in [5, 5.41) is 25.0. The summed E-state index contributed by atoms with van der Waals surface area (Å²) in [6.45, 7) is 3.97. The molecule has 5 heterocycles. The van der Waals surface area contributed by atoms with Gasteiger partial charge < -0.3 is 20.4 Å². The van der Waals surface area contributed by atoms with Gasteiger partial charge in [-0.15, -0.1) is 0 Å². The Morgan fingerprint density at radius 3 is 2.56 bits per heavy atom. The largest absolute Gasteiger partial charge is 0.371 e. The smallest absolute Gasteiger partial charge is 0.267 e. The molecule has 2 unspecified atom stereocenters. The van der Waals surface area contributed by atoms with Gasteiger partial charge in [-0.05, 0) is 73.6 Å². The van der Waals surface area contributed by atoms with Crippen molar-refractivity contribution in [1.82, 2.24) is 30.8 Å². The van der Waals surface area contributed by atoms with E-state index in [1.807, 2.05) is 36.4 Å². The Balaban J connectivity index is 0.896. The summed E-state index contributed by atoms with van der Waals surface area (Å²) in [4.78, 5) is 50.6. The molecule has 57 heavy (non-hydrogen) atoms. The molecule has 0 spiro atoms. The summed E-state index contributed by atoms with van der Waals surface area (Å²) < 4.78 is 15.7. The molecular weight excluding hydrogens is 724 g/mol. The second kappa shape index (κ2) is 16.7. The number of rotatable bonds is 10. The number of hydrogen-bond acceptors (Lipinski definition) is 11. The molecule has 5 aromatic rings. The van der Waals surface area contributed by atoms with Gasteiger partial charge >= 0.3 is 0 Å². The van der Waals surface area contributed by atoms with Crippen molar-refractivity contribution in [1.29, 1.82) is 5.26 Å². The van der Waals surface area contributed by atoms with E-state index < -0.39 is 11.9 Å². The molecule has 13 nitrogen and oxygen atoms in total. The molecule has 3 aromatic carbocycles. The van der Waals surface area contributed by atoms with Crippen LogP contribution in [-0.4, -0.2) is 76.8 Å². The van der Waals surface area contributed by atoms with Crippen LogP contribution < -0.4 is 31.3 Å². The first kappa shape index (κ1) is 37.5. The van der Waals surface area contributed by atoms with E-state index in [0.29, 0.717) is 47.1 Å². The van der Waals surface area contributed by atoms with E-state index in [2.05, 4.69) is 47.0 Å². The first-order chi connectivity index (χ1) is 27.8. The zero-order chi connectivity index (χ0) is 39.3. The second-order valence-electron chi connectivity index (χ2n) is 14.9. The Morgan fingerprint density at radius 1 is 0.930 bits per heavy atom. The molecule has 3 aliphatic heterocycles. The van der Waals surface area contributed by atoms with Gasteiger partial charge in [0.1, 0.15) is 11.9 Å². The minimum absolute atomic E-state index is 0.225. The van der Waals surface area contributed by atoms with Crippen LogP contribution in [0.5, 0.6) is 0 Å². The van der Waals surface area contributed by atoms with Crippen LogP contribution >= 0.6 is 0 Å². The zero-order valence-corrected chi connectivity index (χ0v) is 31.4. The Kier molecular flexibility index (Phi) is 11.0. The number of carbonyl (C=O) groups is 2. The van der Waals surface area contributed by atoms with Crippen molar-refractivity contribution in [3.63, 3.8) is 0 Å². The molecule has 4 N–H and O–H groups in total. The number of amides is 2. The molecule has 3 aliphatic rings. The number of nitrogens with zero attached hydrogens (tertiary/aromatic N) is 6. The van der Waals surface area contributed by atoms with Crippen LogP contribution in [0.25, 0.3) is 22.6 Å². The van der Waals surface area contributed by atoms with E-state index in [4.69, 9.17) is 4.98 Å².